The van der Waals surface area contributed by atoms with Crippen molar-refractivity contribution in [1.29, 1.82) is 10.5 Å². The van der Waals surface area contributed by atoms with Gasteiger partial charge in [0, 0.05) is 7.05 Å². The van der Waals surface area contributed by atoms with Crippen molar-refractivity contribution >= 4 is 11.5 Å². The van der Waals surface area contributed by atoms with E-state index < -0.39 is 5.82 Å². The molecule has 0 radical (unpaired) electrons. The average molecular weight is 255 g/mol. The van der Waals surface area contributed by atoms with Crippen LogP contribution >= 0.6 is 0 Å². The van der Waals surface area contributed by atoms with E-state index in [-0.39, 0.29) is 5.56 Å². The number of halogens is 1. The van der Waals surface area contributed by atoms with Crippen LogP contribution in [0.15, 0.2) is 18.2 Å². The van der Waals surface area contributed by atoms with Gasteiger partial charge in [-0.15, -0.1) is 0 Å². The monoisotopic (exact) mass is 255 g/mol. The van der Waals surface area contributed by atoms with Crippen LogP contribution in [0.25, 0.3) is 0 Å². The van der Waals surface area contributed by atoms with E-state index in [1.165, 1.54) is 16.8 Å². The van der Waals surface area contributed by atoms with Gasteiger partial charge in [0.05, 0.1) is 16.9 Å². The fourth-order valence-electron chi connectivity index (χ4n) is 1.78. The fraction of sp³-hybridized carbons (Fsp3) is 0.154. The van der Waals surface area contributed by atoms with Crippen molar-refractivity contribution in [3.05, 3.63) is 40.8 Å². The van der Waals surface area contributed by atoms with Crippen molar-refractivity contribution in [1.82, 2.24) is 9.78 Å². The van der Waals surface area contributed by atoms with Crippen molar-refractivity contribution in [2.45, 2.75) is 6.92 Å². The van der Waals surface area contributed by atoms with Gasteiger partial charge in [0.2, 0.25) is 0 Å². The number of benzene rings is 1. The van der Waals surface area contributed by atoms with E-state index >= 15 is 0 Å². The van der Waals surface area contributed by atoms with Gasteiger partial charge >= 0.3 is 0 Å². The molecule has 0 aliphatic heterocycles. The predicted molar refractivity (Wildman–Crippen MR) is 67.1 cm³/mol. The molecule has 0 amide bonds. The normalized spacial score (nSPS) is 9.74. The summed E-state index contributed by atoms with van der Waals surface area (Å²) < 4.78 is 14.6. The summed E-state index contributed by atoms with van der Waals surface area (Å²) in [4.78, 5) is 0. The summed E-state index contributed by atoms with van der Waals surface area (Å²) in [6.45, 7) is 1.72. The molecule has 0 saturated carbocycles. The lowest BCUT2D eigenvalue weighted by Crippen LogP contribution is -2.02. The standard InChI is InChI=1S/C13H10FN5/c1-8-11(7-16)13(19(2)18-8)17-12-4-3-10(14)5-9(12)6-15/h3-5,17H,1-2H3. The van der Waals surface area contributed by atoms with Gasteiger partial charge < -0.3 is 5.32 Å². The second kappa shape index (κ2) is 4.79. The third-order valence-electron chi connectivity index (χ3n) is 2.69. The maximum atomic E-state index is 13.1. The van der Waals surface area contributed by atoms with Gasteiger partial charge in [0.15, 0.2) is 0 Å². The zero-order chi connectivity index (χ0) is 14.0. The molecule has 0 atom stereocenters. The van der Waals surface area contributed by atoms with Crippen LogP contribution in [0.3, 0.4) is 0 Å². The molecular formula is C13H10FN5. The van der Waals surface area contributed by atoms with E-state index in [2.05, 4.69) is 16.5 Å². The number of aryl methyl sites for hydroxylation is 2. The molecular weight excluding hydrogens is 245 g/mol. The molecule has 1 aromatic heterocycles. The number of nitrogens with one attached hydrogen (secondary N) is 1. The Morgan fingerprint density at radius 3 is 2.68 bits per heavy atom. The first-order valence-corrected chi connectivity index (χ1v) is 5.47. The molecule has 2 rings (SSSR count). The summed E-state index contributed by atoms with van der Waals surface area (Å²) >= 11 is 0. The molecule has 94 valence electrons. The minimum Gasteiger partial charge on any atom is -0.338 e. The number of nitrogens with zero attached hydrogens (tertiary/aromatic N) is 4. The summed E-state index contributed by atoms with van der Waals surface area (Å²) in [6.07, 6.45) is 0. The quantitative estimate of drug-likeness (QED) is 0.893. The van der Waals surface area contributed by atoms with E-state index in [0.717, 1.165) is 6.07 Å². The number of rotatable bonds is 2. The number of hydrogen-bond acceptors (Lipinski definition) is 4. The Balaban J connectivity index is 2.49. The Morgan fingerprint density at radius 1 is 1.32 bits per heavy atom. The van der Waals surface area contributed by atoms with Crippen LogP contribution in [0.4, 0.5) is 15.9 Å². The number of nitriles is 2. The molecule has 5 nitrogen and oxygen atoms in total. The Labute approximate surface area is 109 Å². The molecule has 0 bridgehead atoms. The smallest absolute Gasteiger partial charge is 0.146 e. The molecule has 0 spiro atoms. The molecule has 0 aliphatic rings. The van der Waals surface area contributed by atoms with Crippen molar-refractivity contribution in [2.75, 3.05) is 5.32 Å². The van der Waals surface area contributed by atoms with Crippen molar-refractivity contribution < 1.29 is 4.39 Å². The van der Waals surface area contributed by atoms with Crippen molar-refractivity contribution in [2.24, 2.45) is 7.05 Å². The molecule has 1 aromatic carbocycles. The van der Waals surface area contributed by atoms with Gasteiger partial charge in [-0.1, -0.05) is 0 Å². The van der Waals surface area contributed by atoms with Crippen LogP contribution in [-0.2, 0) is 7.05 Å². The summed E-state index contributed by atoms with van der Waals surface area (Å²) in [6, 6.07) is 7.80. The third kappa shape index (κ3) is 2.24. The Kier molecular flexibility index (Phi) is 3.17. The lowest BCUT2D eigenvalue weighted by molar-refractivity contribution is 0.627. The highest BCUT2D eigenvalue weighted by Crippen LogP contribution is 2.25. The lowest BCUT2D eigenvalue weighted by atomic mass is 10.2. The highest BCUT2D eigenvalue weighted by molar-refractivity contribution is 5.69. The van der Waals surface area contributed by atoms with E-state index in [0.29, 0.717) is 22.8 Å². The van der Waals surface area contributed by atoms with Crippen molar-refractivity contribution in [3.63, 3.8) is 0 Å². The average Bonchev–Trinajstić information content (AvgIpc) is 2.65. The molecule has 1 heterocycles. The maximum Gasteiger partial charge on any atom is 0.146 e. The molecule has 0 unspecified atom stereocenters. The minimum absolute atomic E-state index is 0.169. The Bertz CT molecular complexity index is 718. The second-order valence-corrected chi connectivity index (χ2v) is 3.97. The minimum atomic E-state index is -0.483. The topological polar surface area (TPSA) is 77.4 Å². The molecule has 19 heavy (non-hydrogen) atoms. The maximum absolute atomic E-state index is 13.1. The number of hydrogen-bond donors (Lipinski definition) is 1. The van der Waals surface area contributed by atoms with Gasteiger partial charge in [-0.25, -0.2) is 4.39 Å². The van der Waals surface area contributed by atoms with Crippen LogP contribution in [0.2, 0.25) is 0 Å². The lowest BCUT2D eigenvalue weighted by Gasteiger charge is -2.08. The zero-order valence-electron chi connectivity index (χ0n) is 10.4. The van der Waals surface area contributed by atoms with Crippen molar-refractivity contribution in [3.8, 4) is 12.1 Å². The molecule has 1 N–H and O–H groups in total. The summed E-state index contributed by atoms with van der Waals surface area (Å²) in [5.41, 5.74) is 1.59. The molecule has 2 aromatic rings. The summed E-state index contributed by atoms with van der Waals surface area (Å²) in [5.74, 6) is -0.00750. The first-order chi connectivity index (χ1) is 9.06. The van der Waals surface area contributed by atoms with Crippen LogP contribution in [-0.4, -0.2) is 9.78 Å². The van der Waals surface area contributed by atoms with Gasteiger partial charge in [-0.2, -0.15) is 15.6 Å². The van der Waals surface area contributed by atoms with Crippen LogP contribution in [0, 0.1) is 35.4 Å². The van der Waals surface area contributed by atoms with Gasteiger partial charge in [-0.3, -0.25) is 4.68 Å². The predicted octanol–water partition coefficient (Wildman–Crippen LogP) is 2.35. The van der Waals surface area contributed by atoms with E-state index in [4.69, 9.17) is 10.5 Å². The van der Waals surface area contributed by atoms with Crippen LogP contribution in [0.1, 0.15) is 16.8 Å². The second-order valence-electron chi connectivity index (χ2n) is 3.97. The highest BCUT2D eigenvalue weighted by atomic mass is 19.1. The Hall–Kier alpha value is -2.86. The van der Waals surface area contributed by atoms with Gasteiger partial charge in [0.25, 0.3) is 0 Å². The molecule has 0 aliphatic carbocycles. The van der Waals surface area contributed by atoms with Gasteiger partial charge in [-0.05, 0) is 25.1 Å². The van der Waals surface area contributed by atoms with Crippen LogP contribution in [0.5, 0.6) is 0 Å². The summed E-state index contributed by atoms with van der Waals surface area (Å²) in [5, 5.41) is 25.1. The SMILES string of the molecule is Cc1nn(C)c(Nc2ccc(F)cc2C#N)c1C#N. The Morgan fingerprint density at radius 2 is 2.05 bits per heavy atom. The van der Waals surface area contributed by atoms with E-state index in [9.17, 15) is 4.39 Å². The first-order valence-electron chi connectivity index (χ1n) is 5.47. The van der Waals surface area contributed by atoms with Gasteiger partial charge in [0.1, 0.15) is 29.3 Å². The van der Waals surface area contributed by atoms with Crippen LogP contribution < -0.4 is 5.32 Å². The first kappa shape index (κ1) is 12.6. The zero-order valence-corrected chi connectivity index (χ0v) is 10.4. The number of anilines is 2. The summed E-state index contributed by atoms with van der Waals surface area (Å²) in [7, 11) is 1.69. The molecule has 0 saturated heterocycles. The van der Waals surface area contributed by atoms with E-state index in [1.54, 1.807) is 14.0 Å². The van der Waals surface area contributed by atoms with E-state index in [1.807, 2.05) is 6.07 Å². The number of aromatic nitrogens is 2. The molecule has 0 fully saturated rings. The molecule has 6 heteroatoms. The largest absolute Gasteiger partial charge is 0.338 e. The highest BCUT2D eigenvalue weighted by Gasteiger charge is 2.14. The fourth-order valence-corrected chi connectivity index (χ4v) is 1.78. The third-order valence-corrected chi connectivity index (χ3v) is 2.69.